The fraction of sp³-hybridized carbons (Fsp3) is 0.263. The van der Waals surface area contributed by atoms with E-state index >= 15 is 0 Å². The van der Waals surface area contributed by atoms with Crippen LogP contribution in [0.3, 0.4) is 0 Å². The minimum Gasteiger partial charge on any atom is -0.494 e. The fourth-order valence-electron chi connectivity index (χ4n) is 2.73. The highest BCUT2D eigenvalue weighted by Gasteiger charge is 2.29. The molecular weight excluding hydrogens is 290 g/mol. The normalized spacial score (nSPS) is 12.7. The van der Waals surface area contributed by atoms with Gasteiger partial charge in [0.05, 0.1) is 6.61 Å². The molecule has 0 fully saturated rings. The quantitative estimate of drug-likeness (QED) is 0.711. The summed E-state index contributed by atoms with van der Waals surface area (Å²) in [4.78, 5) is 25.1. The summed E-state index contributed by atoms with van der Waals surface area (Å²) in [5.41, 5.74) is 1.82. The first-order valence-electron chi connectivity index (χ1n) is 7.88. The SMILES string of the molecule is CCNCCCOc1ccc2c(c1)C(=O)c1ccccc1C2=O. The molecule has 0 radical (unpaired) electrons. The number of ketones is 2. The Balaban J connectivity index is 1.80. The third kappa shape index (κ3) is 3.03. The second-order valence-corrected chi connectivity index (χ2v) is 5.47. The molecule has 1 aliphatic carbocycles. The van der Waals surface area contributed by atoms with E-state index in [2.05, 4.69) is 12.2 Å². The molecule has 0 saturated heterocycles. The number of rotatable bonds is 6. The Morgan fingerprint density at radius 1 is 0.913 bits per heavy atom. The van der Waals surface area contributed by atoms with Crippen molar-refractivity contribution >= 4 is 11.6 Å². The standard InChI is InChI=1S/C19H19NO3/c1-2-20-10-5-11-23-13-8-9-16-17(12-13)19(22)15-7-4-3-6-14(15)18(16)21/h3-4,6-9,12,20H,2,5,10-11H2,1H3. The number of hydrogen-bond acceptors (Lipinski definition) is 4. The maximum atomic E-state index is 12.6. The Labute approximate surface area is 135 Å². The van der Waals surface area contributed by atoms with Gasteiger partial charge < -0.3 is 10.1 Å². The molecule has 0 aliphatic heterocycles. The van der Waals surface area contributed by atoms with Crippen LogP contribution in [0.5, 0.6) is 5.75 Å². The van der Waals surface area contributed by atoms with Gasteiger partial charge in [0.1, 0.15) is 5.75 Å². The largest absolute Gasteiger partial charge is 0.494 e. The average molecular weight is 309 g/mol. The topological polar surface area (TPSA) is 55.4 Å². The molecule has 0 saturated carbocycles. The van der Waals surface area contributed by atoms with Crippen molar-refractivity contribution < 1.29 is 14.3 Å². The van der Waals surface area contributed by atoms with Gasteiger partial charge in [-0.25, -0.2) is 0 Å². The minimum absolute atomic E-state index is 0.103. The number of carbonyl (C=O) groups is 2. The van der Waals surface area contributed by atoms with Gasteiger partial charge in [0, 0.05) is 22.3 Å². The van der Waals surface area contributed by atoms with E-state index in [0.29, 0.717) is 34.6 Å². The van der Waals surface area contributed by atoms with E-state index in [-0.39, 0.29) is 11.6 Å². The molecule has 0 bridgehead atoms. The summed E-state index contributed by atoms with van der Waals surface area (Å²) < 4.78 is 5.69. The van der Waals surface area contributed by atoms with Gasteiger partial charge in [-0.05, 0) is 37.7 Å². The lowest BCUT2D eigenvalue weighted by Gasteiger charge is -2.18. The molecular formula is C19H19NO3. The van der Waals surface area contributed by atoms with Crippen LogP contribution in [0.2, 0.25) is 0 Å². The zero-order chi connectivity index (χ0) is 16.2. The fourth-order valence-corrected chi connectivity index (χ4v) is 2.73. The summed E-state index contributed by atoms with van der Waals surface area (Å²) in [5.74, 6) is 0.406. The molecule has 118 valence electrons. The molecule has 4 nitrogen and oxygen atoms in total. The van der Waals surface area contributed by atoms with Crippen LogP contribution >= 0.6 is 0 Å². The Morgan fingerprint density at radius 2 is 1.57 bits per heavy atom. The molecule has 2 aromatic rings. The van der Waals surface area contributed by atoms with Crippen LogP contribution in [-0.4, -0.2) is 31.3 Å². The molecule has 0 heterocycles. The van der Waals surface area contributed by atoms with Crippen LogP contribution in [0.25, 0.3) is 0 Å². The monoisotopic (exact) mass is 309 g/mol. The zero-order valence-electron chi connectivity index (χ0n) is 13.1. The van der Waals surface area contributed by atoms with E-state index in [0.717, 1.165) is 19.5 Å². The maximum absolute atomic E-state index is 12.6. The molecule has 3 rings (SSSR count). The van der Waals surface area contributed by atoms with Crippen molar-refractivity contribution in [2.75, 3.05) is 19.7 Å². The van der Waals surface area contributed by atoms with Crippen molar-refractivity contribution in [3.8, 4) is 5.75 Å². The molecule has 1 N–H and O–H groups in total. The summed E-state index contributed by atoms with van der Waals surface area (Å²) in [6, 6.07) is 12.1. The highest BCUT2D eigenvalue weighted by molar-refractivity contribution is 6.28. The highest BCUT2D eigenvalue weighted by atomic mass is 16.5. The zero-order valence-corrected chi connectivity index (χ0v) is 13.1. The van der Waals surface area contributed by atoms with Gasteiger partial charge in [-0.2, -0.15) is 0 Å². The predicted molar refractivity (Wildman–Crippen MR) is 88.4 cm³/mol. The number of nitrogens with one attached hydrogen (secondary N) is 1. The van der Waals surface area contributed by atoms with Gasteiger partial charge in [-0.15, -0.1) is 0 Å². The van der Waals surface area contributed by atoms with Crippen molar-refractivity contribution in [1.29, 1.82) is 0 Å². The van der Waals surface area contributed by atoms with Gasteiger partial charge in [-0.1, -0.05) is 31.2 Å². The summed E-state index contributed by atoms with van der Waals surface area (Å²) >= 11 is 0. The average Bonchev–Trinajstić information content (AvgIpc) is 2.59. The number of fused-ring (bicyclic) bond motifs is 2. The van der Waals surface area contributed by atoms with E-state index < -0.39 is 0 Å². The molecule has 1 aliphatic rings. The predicted octanol–water partition coefficient (Wildman–Crippen LogP) is 2.84. The second kappa shape index (κ2) is 6.75. The second-order valence-electron chi connectivity index (χ2n) is 5.47. The Kier molecular flexibility index (Phi) is 4.53. The molecule has 0 atom stereocenters. The lowest BCUT2D eigenvalue weighted by Crippen LogP contribution is -2.21. The molecule has 0 aromatic heterocycles. The maximum Gasteiger partial charge on any atom is 0.194 e. The third-order valence-corrected chi connectivity index (χ3v) is 3.91. The van der Waals surface area contributed by atoms with E-state index in [9.17, 15) is 9.59 Å². The number of ether oxygens (including phenoxy) is 1. The molecule has 0 spiro atoms. The first-order chi connectivity index (χ1) is 11.2. The first-order valence-corrected chi connectivity index (χ1v) is 7.88. The van der Waals surface area contributed by atoms with Crippen LogP contribution < -0.4 is 10.1 Å². The van der Waals surface area contributed by atoms with Crippen molar-refractivity contribution in [2.45, 2.75) is 13.3 Å². The number of hydrogen-bond donors (Lipinski definition) is 1. The molecule has 0 amide bonds. The molecule has 4 heteroatoms. The van der Waals surface area contributed by atoms with E-state index in [4.69, 9.17) is 4.74 Å². The van der Waals surface area contributed by atoms with Gasteiger partial charge in [-0.3, -0.25) is 9.59 Å². The number of benzene rings is 2. The lowest BCUT2D eigenvalue weighted by molar-refractivity contribution is 0.0978. The summed E-state index contributed by atoms with van der Waals surface area (Å²) in [6.07, 6.45) is 0.890. The van der Waals surface area contributed by atoms with Crippen LogP contribution in [0.1, 0.15) is 45.2 Å². The lowest BCUT2D eigenvalue weighted by atomic mass is 9.84. The molecule has 23 heavy (non-hydrogen) atoms. The Hall–Kier alpha value is -2.46. The summed E-state index contributed by atoms with van der Waals surface area (Å²) in [6.45, 7) is 4.47. The van der Waals surface area contributed by atoms with Crippen LogP contribution in [0.4, 0.5) is 0 Å². The van der Waals surface area contributed by atoms with Crippen molar-refractivity contribution in [3.05, 3.63) is 64.7 Å². The Bertz CT molecular complexity index is 752. The van der Waals surface area contributed by atoms with Gasteiger partial charge in [0.2, 0.25) is 0 Å². The summed E-state index contributed by atoms with van der Waals surface area (Å²) in [7, 11) is 0. The minimum atomic E-state index is -0.117. The molecule has 0 unspecified atom stereocenters. The Morgan fingerprint density at radius 3 is 2.26 bits per heavy atom. The van der Waals surface area contributed by atoms with E-state index in [1.807, 2.05) is 0 Å². The van der Waals surface area contributed by atoms with Crippen molar-refractivity contribution in [3.63, 3.8) is 0 Å². The van der Waals surface area contributed by atoms with E-state index in [1.54, 1.807) is 42.5 Å². The highest BCUT2D eigenvalue weighted by Crippen LogP contribution is 2.29. The van der Waals surface area contributed by atoms with Crippen LogP contribution in [0, 0.1) is 0 Å². The van der Waals surface area contributed by atoms with Crippen molar-refractivity contribution in [2.24, 2.45) is 0 Å². The molecule has 2 aromatic carbocycles. The van der Waals surface area contributed by atoms with Crippen molar-refractivity contribution in [1.82, 2.24) is 5.32 Å². The van der Waals surface area contributed by atoms with Crippen LogP contribution in [0.15, 0.2) is 42.5 Å². The summed E-state index contributed by atoms with van der Waals surface area (Å²) in [5, 5.41) is 3.23. The van der Waals surface area contributed by atoms with Gasteiger partial charge >= 0.3 is 0 Å². The van der Waals surface area contributed by atoms with Crippen LogP contribution in [-0.2, 0) is 0 Å². The van der Waals surface area contributed by atoms with E-state index in [1.165, 1.54) is 0 Å². The van der Waals surface area contributed by atoms with Gasteiger partial charge in [0.15, 0.2) is 11.6 Å². The first kappa shape index (κ1) is 15.4. The van der Waals surface area contributed by atoms with Gasteiger partial charge in [0.25, 0.3) is 0 Å². The smallest absolute Gasteiger partial charge is 0.194 e. The third-order valence-electron chi connectivity index (χ3n) is 3.91. The number of carbonyl (C=O) groups excluding carboxylic acids is 2.